The lowest BCUT2D eigenvalue weighted by atomic mass is 10.1. The molecule has 0 aliphatic rings. The second-order valence-corrected chi connectivity index (χ2v) is 4.27. The summed E-state index contributed by atoms with van der Waals surface area (Å²) in [4.78, 5) is 20.2. The monoisotopic (exact) mass is 265 g/mol. The third-order valence-electron chi connectivity index (χ3n) is 2.87. The number of aliphatic imine (C=N–C) groups is 1. The molecule has 0 radical (unpaired) electrons. The van der Waals surface area contributed by atoms with Crippen LogP contribution in [0.25, 0.3) is 6.08 Å². The maximum absolute atomic E-state index is 12.2. The van der Waals surface area contributed by atoms with E-state index in [1.165, 1.54) is 0 Å². The van der Waals surface area contributed by atoms with Crippen LogP contribution in [0.1, 0.15) is 21.6 Å². The van der Waals surface area contributed by atoms with Crippen LogP contribution in [-0.4, -0.2) is 17.6 Å². The molecule has 100 valence electrons. The van der Waals surface area contributed by atoms with Crippen LogP contribution in [0.3, 0.4) is 0 Å². The van der Waals surface area contributed by atoms with Crippen LogP contribution >= 0.6 is 0 Å². The zero-order chi connectivity index (χ0) is 14.5. The number of hydrogen-bond acceptors (Lipinski definition) is 3. The molecule has 0 saturated carbocycles. The minimum Gasteiger partial charge on any atom is -0.320 e. The highest BCUT2D eigenvalue weighted by molar-refractivity contribution is 6.06. The SMILES string of the molecule is C=Cc1nccc(NC(=O)c2ccc(C)cc2)c1N=C. The Balaban J connectivity index is 2.30. The molecule has 1 amide bonds. The number of amides is 1. The predicted octanol–water partition coefficient (Wildman–Crippen LogP) is 3.62. The highest BCUT2D eigenvalue weighted by Gasteiger charge is 2.10. The molecule has 0 aliphatic heterocycles. The van der Waals surface area contributed by atoms with Gasteiger partial charge >= 0.3 is 0 Å². The van der Waals surface area contributed by atoms with E-state index in [0.717, 1.165) is 5.56 Å². The number of aryl methyl sites for hydroxylation is 1. The van der Waals surface area contributed by atoms with E-state index < -0.39 is 0 Å². The summed E-state index contributed by atoms with van der Waals surface area (Å²) >= 11 is 0. The molecule has 0 atom stereocenters. The largest absolute Gasteiger partial charge is 0.320 e. The van der Waals surface area contributed by atoms with Crippen LogP contribution < -0.4 is 5.32 Å². The van der Waals surface area contributed by atoms with Crippen molar-refractivity contribution < 1.29 is 4.79 Å². The second kappa shape index (κ2) is 5.93. The Hall–Kier alpha value is -2.75. The summed E-state index contributed by atoms with van der Waals surface area (Å²) in [7, 11) is 0. The van der Waals surface area contributed by atoms with Crippen molar-refractivity contribution in [2.24, 2.45) is 4.99 Å². The van der Waals surface area contributed by atoms with Crippen LogP contribution in [0, 0.1) is 6.92 Å². The molecule has 0 saturated heterocycles. The van der Waals surface area contributed by atoms with Crippen molar-refractivity contribution in [3.8, 4) is 0 Å². The number of nitrogens with zero attached hydrogens (tertiary/aromatic N) is 2. The maximum Gasteiger partial charge on any atom is 0.255 e. The highest BCUT2D eigenvalue weighted by atomic mass is 16.1. The minimum atomic E-state index is -0.198. The van der Waals surface area contributed by atoms with Crippen LogP contribution in [0.15, 0.2) is 48.1 Å². The van der Waals surface area contributed by atoms with Crippen molar-refractivity contribution in [2.75, 3.05) is 5.32 Å². The van der Waals surface area contributed by atoms with E-state index in [4.69, 9.17) is 0 Å². The molecule has 4 nitrogen and oxygen atoms in total. The maximum atomic E-state index is 12.2. The summed E-state index contributed by atoms with van der Waals surface area (Å²) in [6.45, 7) is 9.14. The first-order valence-electron chi connectivity index (χ1n) is 6.12. The molecule has 0 aliphatic carbocycles. The first-order valence-corrected chi connectivity index (χ1v) is 6.12. The zero-order valence-corrected chi connectivity index (χ0v) is 11.3. The average molecular weight is 265 g/mol. The van der Waals surface area contributed by atoms with Gasteiger partial charge in [-0.15, -0.1) is 0 Å². The van der Waals surface area contributed by atoms with Gasteiger partial charge in [-0.1, -0.05) is 24.3 Å². The number of nitrogens with one attached hydrogen (secondary N) is 1. The molecule has 1 heterocycles. The lowest BCUT2D eigenvalue weighted by Crippen LogP contribution is -2.12. The minimum absolute atomic E-state index is 0.198. The summed E-state index contributed by atoms with van der Waals surface area (Å²) in [5.41, 5.74) is 3.36. The first kappa shape index (κ1) is 13.7. The lowest BCUT2D eigenvalue weighted by molar-refractivity contribution is 0.102. The smallest absolute Gasteiger partial charge is 0.255 e. The molecule has 20 heavy (non-hydrogen) atoms. The van der Waals surface area contributed by atoms with E-state index in [0.29, 0.717) is 22.6 Å². The van der Waals surface area contributed by atoms with Gasteiger partial charge < -0.3 is 5.32 Å². The van der Waals surface area contributed by atoms with Gasteiger partial charge in [0.15, 0.2) is 0 Å². The molecule has 0 bridgehead atoms. The third-order valence-corrected chi connectivity index (χ3v) is 2.87. The van der Waals surface area contributed by atoms with E-state index >= 15 is 0 Å². The topological polar surface area (TPSA) is 54.4 Å². The van der Waals surface area contributed by atoms with Crippen LogP contribution in [-0.2, 0) is 0 Å². The molecule has 0 unspecified atom stereocenters. The fourth-order valence-electron chi connectivity index (χ4n) is 1.79. The van der Waals surface area contributed by atoms with Gasteiger partial charge in [0.25, 0.3) is 5.91 Å². The summed E-state index contributed by atoms with van der Waals surface area (Å²) in [5, 5.41) is 2.81. The van der Waals surface area contributed by atoms with E-state index in [9.17, 15) is 4.79 Å². The molecule has 1 aromatic heterocycles. The highest BCUT2D eigenvalue weighted by Crippen LogP contribution is 2.28. The molecule has 2 aromatic rings. The van der Waals surface area contributed by atoms with Gasteiger partial charge in [-0.2, -0.15) is 0 Å². The van der Waals surface area contributed by atoms with Crippen LogP contribution in [0.4, 0.5) is 11.4 Å². The second-order valence-electron chi connectivity index (χ2n) is 4.27. The molecule has 4 heteroatoms. The van der Waals surface area contributed by atoms with E-state index in [1.54, 1.807) is 30.5 Å². The first-order chi connectivity index (χ1) is 9.65. The molecular formula is C16H15N3O. The van der Waals surface area contributed by atoms with Gasteiger partial charge in [0.2, 0.25) is 0 Å². The van der Waals surface area contributed by atoms with Crippen molar-refractivity contribution in [3.05, 3.63) is 59.9 Å². The Kier molecular flexibility index (Phi) is 4.05. The van der Waals surface area contributed by atoms with Crippen LogP contribution in [0.5, 0.6) is 0 Å². The number of anilines is 1. The summed E-state index contributed by atoms with van der Waals surface area (Å²) < 4.78 is 0. The van der Waals surface area contributed by atoms with Gasteiger partial charge in [-0.25, -0.2) is 0 Å². The van der Waals surface area contributed by atoms with Crippen molar-refractivity contribution in [3.63, 3.8) is 0 Å². The Bertz CT molecular complexity index is 660. The molecule has 2 rings (SSSR count). The number of carbonyl (C=O) groups is 1. The van der Waals surface area contributed by atoms with Gasteiger partial charge in [-0.3, -0.25) is 14.8 Å². The number of aromatic nitrogens is 1. The number of hydrogen-bond donors (Lipinski definition) is 1. The van der Waals surface area contributed by atoms with Crippen molar-refractivity contribution in [1.29, 1.82) is 0 Å². The van der Waals surface area contributed by atoms with Crippen molar-refractivity contribution >= 4 is 30.1 Å². The standard InChI is InChI=1S/C16H15N3O/c1-4-13-15(17-3)14(9-10-18-13)19-16(20)12-7-5-11(2)6-8-12/h4-10H,1,3H2,2H3,(H,18,19,20). The van der Waals surface area contributed by atoms with E-state index in [-0.39, 0.29) is 5.91 Å². The zero-order valence-electron chi connectivity index (χ0n) is 11.3. The van der Waals surface area contributed by atoms with Crippen molar-refractivity contribution in [2.45, 2.75) is 6.92 Å². The molecule has 0 spiro atoms. The fraction of sp³-hybridized carbons (Fsp3) is 0.0625. The molecule has 1 aromatic carbocycles. The Labute approximate surface area is 117 Å². The molecule has 1 N–H and O–H groups in total. The lowest BCUT2D eigenvalue weighted by Gasteiger charge is -2.09. The Morgan fingerprint density at radius 1 is 1.30 bits per heavy atom. The van der Waals surface area contributed by atoms with Gasteiger partial charge in [0, 0.05) is 11.8 Å². The quantitative estimate of drug-likeness (QED) is 0.858. The summed E-state index contributed by atoms with van der Waals surface area (Å²) in [6.07, 6.45) is 3.17. The Morgan fingerprint density at radius 3 is 2.60 bits per heavy atom. The number of benzene rings is 1. The summed E-state index contributed by atoms with van der Waals surface area (Å²) in [6, 6.07) is 9.03. The van der Waals surface area contributed by atoms with Gasteiger partial charge in [-0.05, 0) is 37.9 Å². The number of carbonyl (C=O) groups excluding carboxylic acids is 1. The number of rotatable bonds is 4. The Morgan fingerprint density at radius 2 is 2.00 bits per heavy atom. The number of pyridine rings is 1. The van der Waals surface area contributed by atoms with E-state index in [2.05, 4.69) is 28.6 Å². The normalized spacial score (nSPS) is 9.85. The van der Waals surface area contributed by atoms with Crippen LogP contribution in [0.2, 0.25) is 0 Å². The van der Waals surface area contributed by atoms with Gasteiger partial charge in [0.05, 0.1) is 11.4 Å². The van der Waals surface area contributed by atoms with Gasteiger partial charge in [0.1, 0.15) is 5.69 Å². The summed E-state index contributed by atoms with van der Waals surface area (Å²) in [5.74, 6) is -0.198. The average Bonchev–Trinajstić information content (AvgIpc) is 2.47. The molecule has 0 fully saturated rings. The third kappa shape index (κ3) is 2.80. The van der Waals surface area contributed by atoms with E-state index in [1.807, 2.05) is 19.1 Å². The van der Waals surface area contributed by atoms with Crippen molar-refractivity contribution in [1.82, 2.24) is 4.98 Å². The predicted molar refractivity (Wildman–Crippen MR) is 82.7 cm³/mol. The molecular weight excluding hydrogens is 250 g/mol. The fourth-order valence-corrected chi connectivity index (χ4v) is 1.79.